The molecule has 0 saturated carbocycles. The maximum absolute atomic E-state index is 10.2. The number of fused-ring (bicyclic) bond motifs is 5. The van der Waals surface area contributed by atoms with Crippen LogP contribution in [0.4, 0.5) is 0 Å². The fraction of sp³-hybridized carbons (Fsp3) is 0. The molecule has 0 N–H and O–H groups in total. The normalized spacial score (nSPS) is 11.1. The number of rotatable bonds is 4. The Bertz CT molecular complexity index is 2940. The Balaban J connectivity index is 1.42. The van der Waals surface area contributed by atoms with E-state index in [9.17, 15) is 15.8 Å². The number of para-hydroxylation sites is 1. The highest BCUT2D eigenvalue weighted by atomic mass is 15.0. The third-order valence-electron chi connectivity index (χ3n) is 9.87. The minimum absolute atomic E-state index is 0.534. The van der Waals surface area contributed by atoms with Crippen LogP contribution in [0.1, 0.15) is 16.7 Å². The predicted octanol–water partition coefficient (Wildman–Crippen LogP) is 11.7. The van der Waals surface area contributed by atoms with Gasteiger partial charge in [0.2, 0.25) is 0 Å². The monoisotopic (exact) mass is 646 g/mol. The molecule has 1 aromatic heterocycles. The Kier molecular flexibility index (Phi) is 6.93. The summed E-state index contributed by atoms with van der Waals surface area (Å²) >= 11 is 0. The van der Waals surface area contributed by atoms with Gasteiger partial charge in [-0.05, 0) is 97.9 Å². The molecule has 0 aliphatic heterocycles. The Morgan fingerprint density at radius 3 is 1.49 bits per heavy atom. The molecule has 8 aromatic carbocycles. The highest BCUT2D eigenvalue weighted by Crippen LogP contribution is 2.47. The van der Waals surface area contributed by atoms with Gasteiger partial charge in [-0.2, -0.15) is 15.8 Å². The Hall–Kier alpha value is -7.45. The zero-order chi connectivity index (χ0) is 34.5. The smallest absolute Gasteiger partial charge is 0.0992 e. The summed E-state index contributed by atoms with van der Waals surface area (Å²) < 4.78 is 2.19. The molecular formula is C47H26N4. The van der Waals surface area contributed by atoms with Crippen LogP contribution in [-0.2, 0) is 0 Å². The van der Waals surface area contributed by atoms with Gasteiger partial charge in [0.15, 0.2) is 0 Å². The molecule has 9 aromatic rings. The quantitative estimate of drug-likeness (QED) is 0.179. The van der Waals surface area contributed by atoms with Gasteiger partial charge in [0.05, 0.1) is 51.6 Å². The van der Waals surface area contributed by atoms with Crippen LogP contribution in [0.5, 0.6) is 0 Å². The van der Waals surface area contributed by atoms with Gasteiger partial charge in [-0.1, -0.05) is 109 Å². The third kappa shape index (κ3) is 4.66. The second-order valence-electron chi connectivity index (χ2n) is 12.6. The van der Waals surface area contributed by atoms with Gasteiger partial charge in [0, 0.05) is 16.3 Å². The minimum atomic E-state index is 0.534. The zero-order valence-electron chi connectivity index (χ0n) is 27.3. The van der Waals surface area contributed by atoms with Crippen molar-refractivity contribution in [3.05, 3.63) is 174 Å². The summed E-state index contributed by atoms with van der Waals surface area (Å²) in [6, 6.07) is 60.2. The number of hydrogen-bond acceptors (Lipinski definition) is 3. The van der Waals surface area contributed by atoms with Crippen molar-refractivity contribution in [1.82, 2.24) is 4.57 Å². The number of nitrogens with zero attached hydrogens (tertiary/aromatic N) is 4. The predicted molar refractivity (Wildman–Crippen MR) is 206 cm³/mol. The molecule has 0 aliphatic carbocycles. The van der Waals surface area contributed by atoms with Gasteiger partial charge in [-0.15, -0.1) is 0 Å². The van der Waals surface area contributed by atoms with Crippen molar-refractivity contribution >= 4 is 43.4 Å². The molecule has 0 spiro atoms. The first-order valence-electron chi connectivity index (χ1n) is 16.7. The number of aromatic nitrogens is 1. The molecule has 4 nitrogen and oxygen atoms in total. The third-order valence-corrected chi connectivity index (χ3v) is 9.87. The van der Waals surface area contributed by atoms with Crippen molar-refractivity contribution in [2.45, 2.75) is 0 Å². The molecular weight excluding hydrogens is 621 g/mol. The summed E-state index contributed by atoms with van der Waals surface area (Å²) in [7, 11) is 0. The number of hydrogen-bond donors (Lipinski definition) is 0. The molecule has 0 saturated heterocycles. The molecule has 0 atom stereocenters. The summed E-state index contributed by atoms with van der Waals surface area (Å²) in [6.07, 6.45) is 0. The SMILES string of the molecule is N#Cc1ccc(-c2ccc(C#N)cc2-n2c3ccccc3c3cc(C#N)ccc32)c(-c2c3ccccc3c(-c3ccccc3)c3ccccc23)c1. The van der Waals surface area contributed by atoms with Gasteiger partial charge < -0.3 is 4.57 Å². The lowest BCUT2D eigenvalue weighted by Crippen LogP contribution is -2.00. The topological polar surface area (TPSA) is 76.3 Å². The van der Waals surface area contributed by atoms with E-state index in [0.29, 0.717) is 16.7 Å². The molecule has 0 amide bonds. The highest BCUT2D eigenvalue weighted by Gasteiger charge is 2.22. The summed E-state index contributed by atoms with van der Waals surface area (Å²) in [4.78, 5) is 0. The second-order valence-corrected chi connectivity index (χ2v) is 12.6. The number of benzene rings is 8. The van der Waals surface area contributed by atoms with E-state index in [2.05, 4.69) is 108 Å². The Morgan fingerprint density at radius 2 is 0.843 bits per heavy atom. The van der Waals surface area contributed by atoms with E-state index in [1.54, 1.807) is 0 Å². The largest absolute Gasteiger partial charge is 0.309 e. The summed E-state index contributed by atoms with van der Waals surface area (Å²) in [5, 5.41) is 36.5. The molecule has 0 bridgehead atoms. The van der Waals surface area contributed by atoms with Gasteiger partial charge in [0.1, 0.15) is 0 Å². The minimum Gasteiger partial charge on any atom is -0.309 e. The molecule has 51 heavy (non-hydrogen) atoms. The van der Waals surface area contributed by atoms with Crippen LogP contribution < -0.4 is 0 Å². The standard InChI is InChI=1S/C47H26N4/c48-27-30-18-21-34(36-22-19-32(29-50)26-45(36)51-43-17-9-8-12-35(43)41-24-31(28-49)20-23-44(41)51)42(25-30)47-39-15-6-4-13-37(39)46(33-10-2-1-3-11-33)38-14-5-7-16-40(38)47/h1-26H. The average molecular weight is 647 g/mol. The van der Waals surface area contributed by atoms with Crippen molar-refractivity contribution in [1.29, 1.82) is 15.8 Å². The van der Waals surface area contributed by atoms with Gasteiger partial charge in [-0.3, -0.25) is 0 Å². The maximum atomic E-state index is 10.2. The van der Waals surface area contributed by atoms with Crippen molar-refractivity contribution in [2.75, 3.05) is 0 Å². The fourth-order valence-corrected chi connectivity index (χ4v) is 7.71. The molecule has 0 radical (unpaired) electrons. The first kappa shape index (κ1) is 29.7. The molecule has 1 heterocycles. The van der Waals surface area contributed by atoms with Gasteiger partial charge in [0.25, 0.3) is 0 Å². The van der Waals surface area contributed by atoms with Crippen LogP contribution in [0, 0.1) is 34.0 Å². The van der Waals surface area contributed by atoms with E-state index in [1.165, 1.54) is 5.56 Å². The van der Waals surface area contributed by atoms with Gasteiger partial charge >= 0.3 is 0 Å². The fourth-order valence-electron chi connectivity index (χ4n) is 7.71. The Labute approximate surface area is 294 Å². The summed E-state index contributed by atoms with van der Waals surface area (Å²) in [5.41, 5.74) is 10.6. The van der Waals surface area contributed by atoms with E-state index < -0.39 is 0 Å². The van der Waals surface area contributed by atoms with E-state index in [1.807, 2.05) is 72.8 Å². The van der Waals surface area contributed by atoms with Crippen LogP contribution in [0.15, 0.2) is 158 Å². The van der Waals surface area contributed by atoms with Crippen LogP contribution in [0.25, 0.3) is 82.4 Å². The van der Waals surface area contributed by atoms with E-state index in [0.717, 1.165) is 76.9 Å². The van der Waals surface area contributed by atoms with Crippen molar-refractivity contribution in [3.8, 4) is 57.3 Å². The first-order valence-corrected chi connectivity index (χ1v) is 16.7. The Morgan fingerprint density at radius 1 is 0.353 bits per heavy atom. The lowest BCUT2D eigenvalue weighted by Gasteiger charge is -2.21. The van der Waals surface area contributed by atoms with E-state index in [-0.39, 0.29) is 0 Å². The lowest BCUT2D eigenvalue weighted by molar-refractivity contribution is 1.18. The number of nitriles is 3. The van der Waals surface area contributed by atoms with Crippen LogP contribution in [0.2, 0.25) is 0 Å². The maximum Gasteiger partial charge on any atom is 0.0992 e. The molecule has 0 unspecified atom stereocenters. The molecule has 9 rings (SSSR count). The van der Waals surface area contributed by atoms with Crippen LogP contribution in [-0.4, -0.2) is 4.57 Å². The highest BCUT2D eigenvalue weighted by molar-refractivity contribution is 6.22. The van der Waals surface area contributed by atoms with Crippen molar-refractivity contribution in [2.24, 2.45) is 0 Å². The van der Waals surface area contributed by atoms with Crippen molar-refractivity contribution < 1.29 is 0 Å². The molecule has 234 valence electrons. The van der Waals surface area contributed by atoms with Gasteiger partial charge in [-0.25, -0.2) is 0 Å². The van der Waals surface area contributed by atoms with E-state index >= 15 is 0 Å². The molecule has 0 aliphatic rings. The van der Waals surface area contributed by atoms with Crippen LogP contribution in [0.3, 0.4) is 0 Å². The average Bonchev–Trinajstić information content (AvgIpc) is 3.53. The summed E-state index contributed by atoms with van der Waals surface area (Å²) in [5.74, 6) is 0. The van der Waals surface area contributed by atoms with Crippen LogP contribution >= 0.6 is 0 Å². The zero-order valence-corrected chi connectivity index (χ0v) is 27.3. The first-order chi connectivity index (χ1) is 25.2. The summed E-state index contributed by atoms with van der Waals surface area (Å²) in [6.45, 7) is 0. The molecule has 0 fully saturated rings. The second kappa shape index (κ2) is 11.9. The lowest BCUT2D eigenvalue weighted by atomic mass is 9.83. The molecule has 4 heteroatoms. The van der Waals surface area contributed by atoms with Crippen molar-refractivity contribution in [3.63, 3.8) is 0 Å². The van der Waals surface area contributed by atoms with E-state index in [4.69, 9.17) is 0 Å².